The van der Waals surface area contributed by atoms with E-state index in [2.05, 4.69) is 0 Å². The molecule has 2 aromatic rings. The lowest BCUT2D eigenvalue weighted by Crippen LogP contribution is -2.37. The van der Waals surface area contributed by atoms with Crippen molar-refractivity contribution in [3.05, 3.63) is 58.9 Å². The number of halogens is 1. The Kier molecular flexibility index (Phi) is 7.85. The Morgan fingerprint density at radius 1 is 1.03 bits per heavy atom. The number of hydrogen-bond acceptors (Lipinski definition) is 4. The molecule has 1 aliphatic rings. The zero-order chi connectivity index (χ0) is 23.5. The van der Waals surface area contributed by atoms with Gasteiger partial charge in [0.15, 0.2) is 0 Å². The summed E-state index contributed by atoms with van der Waals surface area (Å²) in [5.74, 6) is -0.954. The molecular formula is C25H32FNO4S. The molecule has 0 saturated carbocycles. The average Bonchev–Trinajstić information content (AvgIpc) is 2.74. The number of sulfonamides is 1. The average molecular weight is 462 g/mol. The predicted molar refractivity (Wildman–Crippen MR) is 125 cm³/mol. The quantitative estimate of drug-likeness (QED) is 0.735. The second kappa shape index (κ2) is 10.2. The maximum Gasteiger partial charge on any atom is 0.213 e. The predicted octanol–water partition coefficient (Wildman–Crippen LogP) is 4.35. The third kappa shape index (κ3) is 5.45. The molecule has 2 atom stereocenters. The number of hydrogen-bond donors (Lipinski definition) is 1. The summed E-state index contributed by atoms with van der Waals surface area (Å²) < 4.78 is 39.3. The molecule has 32 heavy (non-hydrogen) atoms. The lowest BCUT2D eigenvalue weighted by Gasteiger charge is -2.29. The first kappa shape index (κ1) is 24.6. The van der Waals surface area contributed by atoms with Crippen LogP contribution in [-0.4, -0.2) is 48.6 Å². The van der Waals surface area contributed by atoms with E-state index in [0.29, 0.717) is 32.4 Å². The van der Waals surface area contributed by atoms with Crippen LogP contribution < -0.4 is 0 Å². The first-order chi connectivity index (χ1) is 15.1. The topological polar surface area (TPSA) is 74.7 Å². The maximum absolute atomic E-state index is 13.3. The van der Waals surface area contributed by atoms with E-state index in [1.807, 2.05) is 26.0 Å². The highest BCUT2D eigenvalue weighted by Gasteiger charge is 2.32. The van der Waals surface area contributed by atoms with Crippen molar-refractivity contribution in [2.45, 2.75) is 58.5 Å². The summed E-state index contributed by atoms with van der Waals surface area (Å²) in [5.41, 5.74) is 4.49. The number of Topliss-reactive ketones (excluding diaryl/α,β-unsaturated/α-hetero) is 1. The Balaban J connectivity index is 1.89. The van der Waals surface area contributed by atoms with Gasteiger partial charge in [-0.25, -0.2) is 17.1 Å². The van der Waals surface area contributed by atoms with Gasteiger partial charge in [-0.3, -0.25) is 4.79 Å². The molecule has 0 amide bonds. The molecule has 1 saturated heterocycles. The monoisotopic (exact) mass is 461 g/mol. The molecule has 2 aromatic carbocycles. The second-order valence-electron chi connectivity index (χ2n) is 8.59. The standard InChI is InChI=1S/C25H32FNO4S/c1-4-32(30,31)27-13-5-7-22(28)25(23(29)8-6-14-27)24-17(2)15-20(16-18(24)3)19-9-11-21(26)12-10-19/h9-12,15-16,22,25,28H,4-8,13-14H2,1-3H3. The fourth-order valence-electron chi connectivity index (χ4n) is 4.64. The van der Waals surface area contributed by atoms with Crippen molar-refractivity contribution in [1.29, 1.82) is 0 Å². The summed E-state index contributed by atoms with van der Waals surface area (Å²) in [4.78, 5) is 13.2. The Hall–Kier alpha value is -2.09. The van der Waals surface area contributed by atoms with E-state index in [9.17, 15) is 22.7 Å². The molecule has 0 bridgehead atoms. The van der Waals surface area contributed by atoms with Gasteiger partial charge >= 0.3 is 0 Å². The number of rotatable bonds is 4. The summed E-state index contributed by atoms with van der Waals surface area (Å²) in [6.07, 6.45) is 0.630. The minimum absolute atomic E-state index is 0.0327. The van der Waals surface area contributed by atoms with Crippen LogP contribution in [0.1, 0.15) is 55.2 Å². The van der Waals surface area contributed by atoms with Crippen LogP contribution in [0.15, 0.2) is 36.4 Å². The molecule has 0 aromatic heterocycles. The van der Waals surface area contributed by atoms with E-state index in [4.69, 9.17) is 0 Å². The van der Waals surface area contributed by atoms with Crippen LogP contribution in [0.5, 0.6) is 0 Å². The van der Waals surface area contributed by atoms with Crippen LogP contribution >= 0.6 is 0 Å². The van der Waals surface area contributed by atoms with Crippen molar-refractivity contribution in [2.24, 2.45) is 0 Å². The van der Waals surface area contributed by atoms with Gasteiger partial charge < -0.3 is 5.11 Å². The smallest absolute Gasteiger partial charge is 0.213 e. The van der Waals surface area contributed by atoms with E-state index in [1.54, 1.807) is 19.1 Å². The molecule has 1 aliphatic heterocycles. The number of carbonyl (C=O) groups is 1. The summed E-state index contributed by atoms with van der Waals surface area (Å²) in [6, 6.07) is 10.2. The number of aliphatic hydroxyl groups excluding tert-OH is 1. The molecular weight excluding hydrogens is 429 g/mol. The van der Waals surface area contributed by atoms with Crippen LogP contribution in [0, 0.1) is 19.7 Å². The Morgan fingerprint density at radius 3 is 2.22 bits per heavy atom. The molecule has 2 unspecified atom stereocenters. The summed E-state index contributed by atoms with van der Waals surface area (Å²) >= 11 is 0. The van der Waals surface area contributed by atoms with Gasteiger partial charge in [0.2, 0.25) is 10.0 Å². The fourth-order valence-corrected chi connectivity index (χ4v) is 5.82. The SMILES string of the molecule is CCS(=O)(=O)N1CCCC(=O)C(c2c(C)cc(-c3ccc(F)cc3)cc2C)C(O)CCC1. The van der Waals surface area contributed by atoms with Crippen molar-refractivity contribution in [3.8, 4) is 11.1 Å². The third-order valence-corrected chi connectivity index (χ3v) is 8.19. The molecule has 1 N–H and O–H groups in total. The molecule has 0 aliphatic carbocycles. The van der Waals surface area contributed by atoms with Crippen molar-refractivity contribution in [1.82, 2.24) is 4.31 Å². The minimum Gasteiger partial charge on any atom is -0.392 e. The largest absolute Gasteiger partial charge is 0.392 e. The molecule has 5 nitrogen and oxygen atoms in total. The van der Waals surface area contributed by atoms with Crippen molar-refractivity contribution in [3.63, 3.8) is 0 Å². The lowest BCUT2D eigenvalue weighted by molar-refractivity contribution is -0.123. The number of aliphatic hydroxyl groups is 1. The van der Waals surface area contributed by atoms with Gasteiger partial charge in [-0.15, -0.1) is 0 Å². The fraction of sp³-hybridized carbons (Fsp3) is 0.480. The summed E-state index contributed by atoms with van der Waals surface area (Å²) in [6.45, 7) is 6.17. The molecule has 3 rings (SSSR count). The van der Waals surface area contributed by atoms with E-state index >= 15 is 0 Å². The minimum atomic E-state index is -3.32. The molecule has 1 fully saturated rings. The maximum atomic E-state index is 13.3. The van der Waals surface area contributed by atoms with Crippen molar-refractivity contribution in [2.75, 3.05) is 18.8 Å². The lowest BCUT2D eigenvalue weighted by atomic mass is 9.80. The van der Waals surface area contributed by atoms with Crippen molar-refractivity contribution >= 4 is 15.8 Å². The molecule has 0 spiro atoms. The van der Waals surface area contributed by atoms with Crippen LogP contribution in [0.4, 0.5) is 4.39 Å². The van der Waals surface area contributed by atoms with Gasteiger partial charge in [-0.05, 0) is 80.0 Å². The van der Waals surface area contributed by atoms with Crippen molar-refractivity contribution < 1.29 is 22.7 Å². The van der Waals surface area contributed by atoms with E-state index in [0.717, 1.165) is 27.8 Å². The highest BCUT2D eigenvalue weighted by Crippen LogP contribution is 2.34. The van der Waals surface area contributed by atoms with Crippen LogP contribution in [-0.2, 0) is 14.8 Å². The Labute approximate surface area is 190 Å². The zero-order valence-corrected chi connectivity index (χ0v) is 19.8. The second-order valence-corrected chi connectivity index (χ2v) is 10.8. The molecule has 7 heteroatoms. The third-order valence-electron chi connectivity index (χ3n) is 6.31. The van der Waals surface area contributed by atoms with E-state index in [-0.39, 0.29) is 23.8 Å². The van der Waals surface area contributed by atoms with Gasteiger partial charge in [-0.2, -0.15) is 0 Å². The van der Waals surface area contributed by atoms with E-state index in [1.165, 1.54) is 16.4 Å². The van der Waals surface area contributed by atoms with Gasteiger partial charge in [-0.1, -0.05) is 24.3 Å². The van der Waals surface area contributed by atoms with Crippen LogP contribution in [0.3, 0.4) is 0 Å². The number of aryl methyl sites for hydroxylation is 2. The summed E-state index contributed by atoms with van der Waals surface area (Å²) in [5, 5.41) is 11.0. The first-order valence-electron chi connectivity index (χ1n) is 11.2. The Bertz CT molecular complexity index is 1040. The number of benzene rings is 2. The number of ketones is 1. The van der Waals surface area contributed by atoms with Gasteiger partial charge in [0.05, 0.1) is 17.8 Å². The molecule has 0 radical (unpaired) electrons. The zero-order valence-electron chi connectivity index (χ0n) is 19.0. The number of nitrogens with zero attached hydrogens (tertiary/aromatic N) is 1. The van der Waals surface area contributed by atoms with E-state index < -0.39 is 22.0 Å². The number of carbonyl (C=O) groups excluding carboxylic acids is 1. The van der Waals surface area contributed by atoms with Gasteiger partial charge in [0.25, 0.3) is 0 Å². The highest BCUT2D eigenvalue weighted by atomic mass is 32.2. The Morgan fingerprint density at radius 2 is 1.62 bits per heavy atom. The normalized spacial score (nSPS) is 21.5. The molecule has 174 valence electrons. The summed E-state index contributed by atoms with van der Waals surface area (Å²) in [7, 11) is -3.32. The van der Waals surface area contributed by atoms with Gasteiger partial charge in [0.1, 0.15) is 11.6 Å². The molecule has 1 heterocycles. The van der Waals surface area contributed by atoms with Gasteiger partial charge in [0, 0.05) is 19.5 Å². The first-order valence-corrected chi connectivity index (χ1v) is 12.8. The highest BCUT2D eigenvalue weighted by molar-refractivity contribution is 7.89. The van der Waals surface area contributed by atoms with Crippen LogP contribution in [0.2, 0.25) is 0 Å². The van der Waals surface area contributed by atoms with Crippen LogP contribution in [0.25, 0.3) is 11.1 Å².